The lowest BCUT2D eigenvalue weighted by molar-refractivity contribution is -0.156. The Labute approximate surface area is 266 Å². The molecule has 0 spiro atoms. The molecule has 3 atom stereocenters. The minimum Gasteiger partial charge on any atom is -0.464 e. The van der Waals surface area contributed by atoms with Gasteiger partial charge >= 0.3 is 12.1 Å². The van der Waals surface area contributed by atoms with Crippen LogP contribution in [-0.4, -0.2) is 69.3 Å². The zero-order chi connectivity index (χ0) is 32.9. The van der Waals surface area contributed by atoms with Crippen LogP contribution in [0, 0.1) is 0 Å². The van der Waals surface area contributed by atoms with Crippen molar-refractivity contribution in [1.82, 2.24) is 4.90 Å². The number of rotatable bonds is 17. The van der Waals surface area contributed by atoms with Gasteiger partial charge in [0.15, 0.2) is 11.6 Å². The van der Waals surface area contributed by atoms with Crippen molar-refractivity contribution < 1.29 is 23.5 Å². The maximum Gasteiger partial charge on any atom is 0.411 e. The number of hydrogen-bond acceptors (Lipinski definition) is 7. The highest BCUT2D eigenvalue weighted by Gasteiger charge is 2.62. The molecule has 0 aromatic heterocycles. The summed E-state index contributed by atoms with van der Waals surface area (Å²) < 4.78 is 19.3. The lowest BCUT2D eigenvalue weighted by Crippen LogP contribution is -2.70. The van der Waals surface area contributed by atoms with Crippen LogP contribution in [0.1, 0.15) is 66.7 Å². The Morgan fingerprint density at radius 2 is 1.51 bits per heavy atom. The minimum atomic E-state index is -3.09. The molecule has 1 heterocycles. The number of azide groups is 2. The number of ether oxygens (including phenoxy) is 2. The second-order valence-corrected chi connectivity index (χ2v) is 16.6. The number of unbranched alkanes of at least 4 members (excludes halogenated alkanes) is 2. The fourth-order valence-corrected chi connectivity index (χ4v) is 11.0. The molecule has 0 radical (unpaired) electrons. The molecule has 12 nitrogen and oxygen atoms in total. The van der Waals surface area contributed by atoms with Crippen molar-refractivity contribution in [3.8, 4) is 0 Å². The van der Waals surface area contributed by atoms with Crippen molar-refractivity contribution in [2.75, 3.05) is 26.2 Å². The molecule has 0 saturated carbocycles. The van der Waals surface area contributed by atoms with Gasteiger partial charge in [-0.05, 0) is 65.5 Å². The van der Waals surface area contributed by atoms with Gasteiger partial charge in [-0.25, -0.2) is 9.59 Å². The van der Waals surface area contributed by atoms with Crippen LogP contribution in [0.4, 0.5) is 4.79 Å². The second kappa shape index (κ2) is 16.3. The highest BCUT2D eigenvalue weighted by molar-refractivity contribution is 6.99. The first-order valence-corrected chi connectivity index (χ1v) is 17.4. The number of amides is 1. The summed E-state index contributed by atoms with van der Waals surface area (Å²) >= 11 is 0. The number of carbonyl (C=O) groups is 2. The van der Waals surface area contributed by atoms with Crippen LogP contribution < -0.4 is 10.4 Å². The first-order chi connectivity index (χ1) is 21.6. The fraction of sp³-hybridized carbons (Fsp3) is 0.562. The smallest absolute Gasteiger partial charge is 0.411 e. The quantitative estimate of drug-likeness (QED) is 0.0474. The minimum absolute atomic E-state index is 0.109. The lowest BCUT2D eigenvalue weighted by atomic mass is 9.88. The van der Waals surface area contributed by atoms with E-state index in [4.69, 9.17) is 25.0 Å². The first-order valence-electron chi connectivity index (χ1n) is 15.5. The molecule has 0 aliphatic carbocycles. The summed E-state index contributed by atoms with van der Waals surface area (Å²) in [6, 6.07) is 19.3. The fourth-order valence-electron chi connectivity index (χ4n) is 6.14. The molecule has 0 unspecified atom stereocenters. The zero-order valence-corrected chi connectivity index (χ0v) is 28.0. The van der Waals surface area contributed by atoms with Gasteiger partial charge in [0, 0.05) is 29.5 Å². The summed E-state index contributed by atoms with van der Waals surface area (Å²) in [6.07, 6.45) is 1.31. The topological polar surface area (TPSA) is 163 Å². The van der Waals surface area contributed by atoms with Crippen molar-refractivity contribution >= 4 is 30.8 Å². The second-order valence-electron chi connectivity index (χ2n) is 12.3. The van der Waals surface area contributed by atoms with Crippen LogP contribution in [0.15, 0.2) is 70.9 Å². The third kappa shape index (κ3) is 8.18. The van der Waals surface area contributed by atoms with Gasteiger partial charge in [-0.1, -0.05) is 98.6 Å². The Hall–Kier alpha value is -4.02. The Bertz CT molecular complexity index is 1320. The first kappa shape index (κ1) is 35.5. The highest BCUT2D eigenvalue weighted by Crippen LogP contribution is 2.43. The number of hydrogen-bond donors (Lipinski definition) is 0. The molecular formula is C32H45N7O5Si. The van der Waals surface area contributed by atoms with Crippen LogP contribution in [0.25, 0.3) is 20.9 Å². The molecule has 2 aromatic carbocycles. The number of cyclic esters (lactones) is 1. The maximum atomic E-state index is 13.9. The van der Waals surface area contributed by atoms with E-state index < -0.39 is 38.1 Å². The van der Waals surface area contributed by atoms with Gasteiger partial charge in [0.25, 0.3) is 8.32 Å². The van der Waals surface area contributed by atoms with Gasteiger partial charge in [-0.2, -0.15) is 0 Å². The maximum absolute atomic E-state index is 13.9. The zero-order valence-electron chi connectivity index (χ0n) is 27.0. The summed E-state index contributed by atoms with van der Waals surface area (Å²) in [6.45, 7) is 11.2. The highest BCUT2D eigenvalue weighted by atomic mass is 28.4. The third-order valence-corrected chi connectivity index (χ3v) is 13.3. The standard InChI is InChI=1S/C32H45N7O5Si/c1-6-27(44-45(31(2,3)4,25-17-9-7-10-18-25)26-19-11-8-12-20-26)32(5)28(29(40)42-24-16-14-22-36-38-34)39(30(41)43-32)23-15-13-21-35-37-33/h7-12,17-20,27-28H,6,13-16,21-24H2,1-5H3/t27-,28-,32-/m1/s1. The monoisotopic (exact) mass is 635 g/mol. The number of benzene rings is 2. The normalized spacial score (nSPS) is 18.8. The molecule has 0 N–H and O–H groups in total. The van der Waals surface area contributed by atoms with E-state index in [0.29, 0.717) is 38.6 Å². The Balaban J connectivity index is 2.05. The van der Waals surface area contributed by atoms with E-state index in [2.05, 4.69) is 65.1 Å². The van der Waals surface area contributed by atoms with E-state index in [1.807, 2.05) is 43.3 Å². The molecule has 242 valence electrons. The Morgan fingerprint density at radius 1 is 0.978 bits per heavy atom. The van der Waals surface area contributed by atoms with Crippen LogP contribution in [0.5, 0.6) is 0 Å². The average molecular weight is 636 g/mol. The van der Waals surface area contributed by atoms with Crippen molar-refractivity contribution in [2.45, 2.75) is 89.5 Å². The van der Waals surface area contributed by atoms with Gasteiger partial charge in [-0.3, -0.25) is 4.90 Å². The predicted octanol–water partition coefficient (Wildman–Crippen LogP) is 6.65. The molecule has 45 heavy (non-hydrogen) atoms. The summed E-state index contributed by atoms with van der Waals surface area (Å²) in [7, 11) is -3.09. The summed E-state index contributed by atoms with van der Waals surface area (Å²) in [4.78, 5) is 34.4. The molecular weight excluding hydrogens is 590 g/mol. The van der Waals surface area contributed by atoms with E-state index in [1.165, 1.54) is 4.90 Å². The van der Waals surface area contributed by atoms with E-state index in [1.54, 1.807) is 6.92 Å². The molecule has 2 aromatic rings. The van der Waals surface area contributed by atoms with Gasteiger partial charge in [0.05, 0.1) is 12.7 Å². The molecule has 1 fully saturated rings. The van der Waals surface area contributed by atoms with Crippen LogP contribution in [0.3, 0.4) is 0 Å². The largest absolute Gasteiger partial charge is 0.464 e. The van der Waals surface area contributed by atoms with E-state index in [-0.39, 0.29) is 24.7 Å². The number of carbonyl (C=O) groups excluding carboxylic acids is 2. The molecule has 1 saturated heterocycles. The molecule has 1 aliphatic rings. The molecule has 13 heteroatoms. The average Bonchev–Trinajstić information content (AvgIpc) is 3.29. The van der Waals surface area contributed by atoms with Gasteiger partial charge in [-0.15, -0.1) is 0 Å². The third-order valence-electron chi connectivity index (χ3n) is 8.30. The summed E-state index contributed by atoms with van der Waals surface area (Å²) in [5.74, 6) is -0.577. The SMILES string of the molecule is CC[C@@H](O[Si](c1ccccc1)(c1ccccc1)C(C)(C)C)[C@@]1(C)OC(=O)N(CCCCN=[N+]=[N-])[C@@H]1C(=O)OCCCCN=[N+]=[N-]. The van der Waals surface area contributed by atoms with Gasteiger partial charge in [0.2, 0.25) is 0 Å². The van der Waals surface area contributed by atoms with Gasteiger partial charge < -0.3 is 13.9 Å². The van der Waals surface area contributed by atoms with Crippen molar-refractivity contribution in [1.29, 1.82) is 0 Å². The number of nitrogens with zero attached hydrogens (tertiary/aromatic N) is 7. The number of esters is 1. The van der Waals surface area contributed by atoms with Gasteiger partial charge in [0.1, 0.15) is 0 Å². The Morgan fingerprint density at radius 3 is 2.00 bits per heavy atom. The van der Waals surface area contributed by atoms with E-state index in [9.17, 15) is 9.59 Å². The molecule has 1 aliphatic heterocycles. The van der Waals surface area contributed by atoms with E-state index >= 15 is 0 Å². The van der Waals surface area contributed by atoms with Crippen LogP contribution in [0.2, 0.25) is 5.04 Å². The van der Waals surface area contributed by atoms with Crippen molar-refractivity contribution in [3.05, 3.63) is 81.5 Å². The van der Waals surface area contributed by atoms with Crippen LogP contribution >= 0.6 is 0 Å². The van der Waals surface area contributed by atoms with Crippen LogP contribution in [-0.2, 0) is 18.7 Å². The van der Waals surface area contributed by atoms with E-state index in [0.717, 1.165) is 10.4 Å². The predicted molar refractivity (Wildman–Crippen MR) is 176 cm³/mol. The van der Waals surface area contributed by atoms with Crippen molar-refractivity contribution in [2.24, 2.45) is 10.2 Å². The summed E-state index contributed by atoms with van der Waals surface area (Å²) in [5.41, 5.74) is 15.8. The Kier molecular flexibility index (Phi) is 12.9. The molecule has 1 amide bonds. The molecule has 0 bridgehead atoms. The summed E-state index contributed by atoms with van der Waals surface area (Å²) in [5, 5.41) is 8.91. The molecule has 3 rings (SSSR count). The van der Waals surface area contributed by atoms with Crippen molar-refractivity contribution in [3.63, 3.8) is 0 Å². The lowest BCUT2D eigenvalue weighted by Gasteiger charge is -2.48.